The Labute approximate surface area is 297 Å². The second-order valence-electron chi connectivity index (χ2n) is 17.7. The fourth-order valence-electron chi connectivity index (χ4n) is 8.56. The molecule has 0 radical (unpaired) electrons. The normalized spacial score (nSPS) is 21.4. The Morgan fingerprint density at radius 3 is 0.979 bits per heavy atom. The van der Waals surface area contributed by atoms with Gasteiger partial charge in [0, 0.05) is 13.2 Å². The van der Waals surface area contributed by atoms with Crippen LogP contribution in [-0.2, 0) is 19.1 Å². The smallest absolute Gasteiger partial charge is 0.378 e. The summed E-state index contributed by atoms with van der Waals surface area (Å²) >= 11 is 0. The first kappa shape index (κ1) is 43.3. The van der Waals surface area contributed by atoms with Gasteiger partial charge in [0.15, 0.2) is 0 Å². The molecule has 0 N–H and O–H groups in total. The third kappa shape index (κ3) is 15.6. The van der Waals surface area contributed by atoms with Gasteiger partial charge in [-0.25, -0.2) is 0 Å². The average Bonchev–Trinajstić information content (AvgIpc) is 2.98. The Morgan fingerprint density at radius 2 is 0.708 bits per heavy atom. The van der Waals surface area contributed by atoms with Crippen LogP contribution in [0.3, 0.4) is 0 Å². The van der Waals surface area contributed by atoms with E-state index in [2.05, 4.69) is 69.2 Å². The van der Waals surface area contributed by atoms with E-state index < -0.39 is 6.16 Å². The van der Waals surface area contributed by atoms with Crippen LogP contribution in [0, 0.1) is 0 Å². The van der Waals surface area contributed by atoms with Crippen LogP contribution in [0.4, 0.5) is 4.79 Å². The van der Waals surface area contributed by atoms with E-state index in [1.165, 1.54) is 103 Å². The Hall–Kier alpha value is -0.890. The molecule has 2 rings (SSSR count). The highest BCUT2D eigenvalue weighted by atomic mass is 16.9. The Balaban J connectivity index is 1.77. The van der Waals surface area contributed by atoms with Gasteiger partial charge in [-0.1, -0.05) is 117 Å². The van der Waals surface area contributed by atoms with Crippen LogP contribution in [0.15, 0.2) is 0 Å². The Bertz CT molecular complexity index is 769. The van der Waals surface area contributed by atoms with Crippen molar-refractivity contribution in [3.63, 3.8) is 0 Å². The highest BCUT2D eigenvalue weighted by Gasteiger charge is 2.51. The van der Waals surface area contributed by atoms with E-state index in [-0.39, 0.29) is 34.4 Å². The van der Waals surface area contributed by atoms with Gasteiger partial charge < -0.3 is 19.1 Å². The highest BCUT2D eigenvalue weighted by Crippen LogP contribution is 2.42. The van der Waals surface area contributed by atoms with E-state index in [4.69, 9.17) is 19.1 Å². The van der Waals surface area contributed by atoms with Crippen LogP contribution in [-0.4, -0.2) is 63.9 Å². The molecular weight excluding hydrogens is 600 g/mol. The molecule has 0 bridgehead atoms. The molecule has 0 unspecified atom stereocenters. The topological polar surface area (TPSA) is 60.5 Å². The van der Waals surface area contributed by atoms with Gasteiger partial charge in [-0.05, 0) is 93.9 Å². The maximum absolute atomic E-state index is 13.4. The molecule has 0 saturated carbocycles. The zero-order valence-corrected chi connectivity index (χ0v) is 33.6. The van der Waals surface area contributed by atoms with E-state index in [0.29, 0.717) is 0 Å². The predicted octanol–water partition coefficient (Wildman–Crippen LogP) is 12.1. The minimum Gasteiger partial charge on any atom is -0.378 e. The number of carbonyl (C=O) groups is 1. The molecule has 2 heterocycles. The lowest BCUT2D eigenvalue weighted by atomic mass is 9.80. The number of rotatable bonds is 24. The average molecular weight is 681 g/mol. The minimum absolute atomic E-state index is 0.146. The van der Waals surface area contributed by atoms with E-state index in [0.717, 1.165) is 51.7 Å². The second-order valence-corrected chi connectivity index (χ2v) is 17.7. The van der Waals surface area contributed by atoms with Crippen molar-refractivity contribution in [2.24, 2.45) is 0 Å². The van der Waals surface area contributed by atoms with Gasteiger partial charge in [0.25, 0.3) is 0 Å². The van der Waals surface area contributed by atoms with Crippen LogP contribution in [0.25, 0.3) is 0 Å². The highest BCUT2D eigenvalue weighted by molar-refractivity contribution is 5.59. The molecule has 48 heavy (non-hydrogen) atoms. The summed E-state index contributed by atoms with van der Waals surface area (Å²) in [5.74, 6) is 0. The van der Waals surface area contributed by atoms with E-state index >= 15 is 0 Å². The molecule has 0 spiro atoms. The van der Waals surface area contributed by atoms with Gasteiger partial charge >= 0.3 is 6.16 Å². The third-order valence-corrected chi connectivity index (χ3v) is 10.6. The molecule has 7 nitrogen and oxygen atoms in total. The van der Waals surface area contributed by atoms with E-state index in [1.807, 2.05) is 10.1 Å². The van der Waals surface area contributed by atoms with Gasteiger partial charge in [-0.15, -0.1) is 10.1 Å². The lowest BCUT2D eigenvalue weighted by molar-refractivity contribution is -0.312. The summed E-state index contributed by atoms with van der Waals surface area (Å²) in [7, 11) is 0. The third-order valence-electron chi connectivity index (χ3n) is 10.6. The second kappa shape index (κ2) is 21.5. The van der Waals surface area contributed by atoms with Crippen LogP contribution in [0.5, 0.6) is 0 Å². The molecule has 2 aliphatic rings. The molecule has 2 fully saturated rings. The van der Waals surface area contributed by atoms with Crippen LogP contribution < -0.4 is 0 Å². The van der Waals surface area contributed by atoms with Crippen molar-refractivity contribution in [2.45, 2.75) is 245 Å². The van der Waals surface area contributed by atoms with Gasteiger partial charge in [0.1, 0.15) is 0 Å². The lowest BCUT2D eigenvalue weighted by Crippen LogP contribution is -2.64. The fourth-order valence-corrected chi connectivity index (χ4v) is 8.56. The number of hydroxylamine groups is 4. The maximum atomic E-state index is 13.4. The SMILES string of the molecule is CCCCCCCCCCCOC1CC(C)(C)N(OC(=O)ON2C(C)(C)CC(OCCCCCCCCCCC)CC2(C)C)C(C)(C)C1. The van der Waals surface area contributed by atoms with Gasteiger partial charge in [-0.2, -0.15) is 4.79 Å². The number of carbonyl (C=O) groups excluding carboxylic acids is 1. The number of ether oxygens (including phenoxy) is 2. The maximum Gasteiger partial charge on any atom is 0.547 e. The summed E-state index contributed by atoms with van der Waals surface area (Å²) in [6.45, 7) is 23.3. The summed E-state index contributed by atoms with van der Waals surface area (Å²) in [5.41, 5.74) is -1.54. The molecule has 0 aromatic heterocycles. The summed E-state index contributed by atoms with van der Waals surface area (Å²) in [5, 5.41) is 3.73. The van der Waals surface area contributed by atoms with E-state index in [1.54, 1.807) is 0 Å². The van der Waals surface area contributed by atoms with Crippen molar-refractivity contribution < 1.29 is 23.9 Å². The zero-order chi connectivity index (χ0) is 35.7. The molecule has 0 aromatic carbocycles. The molecule has 284 valence electrons. The number of unbranched alkanes of at least 4 members (excludes halogenated alkanes) is 16. The largest absolute Gasteiger partial charge is 0.547 e. The Kier molecular flexibility index (Phi) is 19.4. The quantitative estimate of drug-likeness (QED) is 0.0940. The summed E-state index contributed by atoms with van der Waals surface area (Å²) in [4.78, 5) is 25.6. The van der Waals surface area contributed by atoms with Crippen LogP contribution in [0.1, 0.15) is 210 Å². The van der Waals surface area contributed by atoms with E-state index in [9.17, 15) is 4.79 Å². The minimum atomic E-state index is -0.666. The molecule has 7 heteroatoms. The van der Waals surface area contributed by atoms with Crippen LogP contribution >= 0.6 is 0 Å². The molecule has 0 aliphatic carbocycles. The van der Waals surface area contributed by atoms with Crippen molar-refractivity contribution in [3.8, 4) is 0 Å². The predicted molar refractivity (Wildman–Crippen MR) is 200 cm³/mol. The number of hydrogen-bond acceptors (Lipinski definition) is 7. The molecule has 2 aliphatic heterocycles. The summed E-state index contributed by atoms with van der Waals surface area (Å²) < 4.78 is 12.8. The van der Waals surface area contributed by atoms with Crippen molar-refractivity contribution in [1.82, 2.24) is 10.1 Å². The standard InChI is InChI=1S/C41H80N2O5/c1-11-13-15-17-19-21-23-25-27-29-45-35-31-38(3,4)42(39(5,6)32-35)47-37(44)48-43-40(7,8)33-36(34-41(43,9)10)46-30-28-26-24-22-20-18-16-14-12-2/h35-36H,11-34H2,1-10H3. The Morgan fingerprint density at radius 1 is 0.458 bits per heavy atom. The van der Waals surface area contributed by atoms with Gasteiger partial charge in [0.2, 0.25) is 0 Å². The summed E-state index contributed by atoms with van der Waals surface area (Å²) in [6, 6.07) is 0. The zero-order valence-electron chi connectivity index (χ0n) is 33.6. The van der Waals surface area contributed by atoms with Crippen molar-refractivity contribution in [1.29, 1.82) is 0 Å². The first-order chi connectivity index (χ1) is 22.6. The van der Waals surface area contributed by atoms with Crippen molar-refractivity contribution in [3.05, 3.63) is 0 Å². The monoisotopic (exact) mass is 681 g/mol. The number of piperidine rings is 2. The molecule has 0 atom stereocenters. The molecule has 2 saturated heterocycles. The van der Waals surface area contributed by atoms with Gasteiger partial charge in [-0.3, -0.25) is 0 Å². The lowest BCUT2D eigenvalue weighted by Gasteiger charge is -2.54. The first-order valence-electron chi connectivity index (χ1n) is 20.4. The number of hydrogen-bond donors (Lipinski definition) is 0. The number of nitrogens with zero attached hydrogens (tertiary/aromatic N) is 2. The molecule has 0 aromatic rings. The first-order valence-corrected chi connectivity index (χ1v) is 20.4. The van der Waals surface area contributed by atoms with Crippen LogP contribution in [0.2, 0.25) is 0 Å². The fraction of sp³-hybridized carbons (Fsp3) is 0.976. The summed E-state index contributed by atoms with van der Waals surface area (Å²) in [6.07, 6.45) is 26.5. The van der Waals surface area contributed by atoms with Crippen molar-refractivity contribution in [2.75, 3.05) is 13.2 Å². The van der Waals surface area contributed by atoms with Gasteiger partial charge in [0.05, 0.1) is 34.4 Å². The van der Waals surface area contributed by atoms with Crippen molar-refractivity contribution >= 4 is 6.16 Å². The molecular formula is C41H80N2O5. The molecule has 0 amide bonds.